The SMILES string of the molecule is COCCCOc1ccc(C#CC(C)(C)NC(=O)OC2CN3CCC2CC3)cc1. The van der Waals surface area contributed by atoms with Gasteiger partial charge in [0.15, 0.2) is 0 Å². The lowest BCUT2D eigenvalue weighted by Gasteiger charge is -2.44. The van der Waals surface area contributed by atoms with Crippen LogP contribution in [0.5, 0.6) is 5.75 Å². The summed E-state index contributed by atoms with van der Waals surface area (Å²) in [6, 6.07) is 7.64. The van der Waals surface area contributed by atoms with Gasteiger partial charge in [-0.2, -0.15) is 0 Å². The summed E-state index contributed by atoms with van der Waals surface area (Å²) in [4.78, 5) is 14.7. The van der Waals surface area contributed by atoms with Gasteiger partial charge in [0, 0.05) is 32.2 Å². The highest BCUT2D eigenvalue weighted by Gasteiger charge is 2.37. The number of benzene rings is 1. The summed E-state index contributed by atoms with van der Waals surface area (Å²) in [5.74, 6) is 7.55. The van der Waals surface area contributed by atoms with E-state index in [2.05, 4.69) is 22.1 Å². The van der Waals surface area contributed by atoms with E-state index in [1.54, 1.807) is 7.11 Å². The van der Waals surface area contributed by atoms with Gasteiger partial charge in [-0.3, -0.25) is 4.90 Å². The first-order valence-corrected chi connectivity index (χ1v) is 10.4. The summed E-state index contributed by atoms with van der Waals surface area (Å²) in [6.45, 7) is 8.17. The minimum atomic E-state index is -0.680. The van der Waals surface area contributed by atoms with Crippen LogP contribution < -0.4 is 10.1 Å². The van der Waals surface area contributed by atoms with Crippen LogP contribution in [0.2, 0.25) is 0 Å². The molecule has 3 heterocycles. The lowest BCUT2D eigenvalue weighted by molar-refractivity contribution is -0.0342. The van der Waals surface area contributed by atoms with E-state index in [1.807, 2.05) is 38.1 Å². The molecule has 0 saturated carbocycles. The number of hydrogen-bond acceptors (Lipinski definition) is 5. The molecule has 1 unspecified atom stereocenters. The average Bonchev–Trinajstić information content (AvgIpc) is 2.71. The molecule has 0 spiro atoms. The zero-order valence-electron chi connectivity index (χ0n) is 17.7. The maximum absolute atomic E-state index is 12.4. The van der Waals surface area contributed by atoms with Crippen LogP contribution in [0, 0.1) is 17.8 Å². The summed E-state index contributed by atoms with van der Waals surface area (Å²) >= 11 is 0. The van der Waals surface area contributed by atoms with Crippen LogP contribution in [0.3, 0.4) is 0 Å². The topological polar surface area (TPSA) is 60.0 Å². The number of ether oxygens (including phenoxy) is 3. The number of methoxy groups -OCH3 is 1. The Bertz CT molecular complexity index is 727. The Morgan fingerprint density at radius 1 is 1.21 bits per heavy atom. The minimum Gasteiger partial charge on any atom is -0.494 e. The number of carbonyl (C=O) groups is 1. The van der Waals surface area contributed by atoms with Gasteiger partial charge in [0.1, 0.15) is 11.9 Å². The van der Waals surface area contributed by atoms with Crippen molar-refractivity contribution in [1.29, 1.82) is 0 Å². The maximum atomic E-state index is 12.4. The molecule has 29 heavy (non-hydrogen) atoms. The van der Waals surface area contributed by atoms with Gasteiger partial charge in [-0.05, 0) is 70.0 Å². The lowest BCUT2D eigenvalue weighted by Crippen LogP contribution is -2.53. The van der Waals surface area contributed by atoms with Crippen LogP contribution >= 0.6 is 0 Å². The second-order valence-electron chi connectivity index (χ2n) is 8.30. The summed E-state index contributed by atoms with van der Waals surface area (Å²) < 4.78 is 16.4. The Morgan fingerprint density at radius 2 is 1.93 bits per heavy atom. The van der Waals surface area contributed by atoms with E-state index in [4.69, 9.17) is 14.2 Å². The minimum absolute atomic E-state index is 0.00214. The van der Waals surface area contributed by atoms with Crippen molar-refractivity contribution < 1.29 is 19.0 Å². The second kappa shape index (κ2) is 10.00. The summed E-state index contributed by atoms with van der Waals surface area (Å²) in [6.07, 6.45) is 2.70. The highest BCUT2D eigenvalue weighted by molar-refractivity contribution is 5.69. The Labute approximate surface area is 173 Å². The van der Waals surface area contributed by atoms with E-state index in [9.17, 15) is 4.79 Å². The largest absolute Gasteiger partial charge is 0.494 e. The number of alkyl carbamates (subject to hydrolysis) is 1. The molecular weight excluding hydrogens is 368 g/mol. The first-order valence-electron chi connectivity index (χ1n) is 10.4. The third-order valence-corrected chi connectivity index (χ3v) is 5.40. The first kappa shape index (κ1) is 21.5. The van der Waals surface area contributed by atoms with Gasteiger partial charge >= 0.3 is 6.09 Å². The molecule has 6 nitrogen and oxygen atoms in total. The molecule has 0 aliphatic carbocycles. The molecule has 3 aliphatic rings. The molecular formula is C23H32N2O4. The van der Waals surface area contributed by atoms with E-state index < -0.39 is 5.54 Å². The highest BCUT2D eigenvalue weighted by Crippen LogP contribution is 2.29. The second-order valence-corrected chi connectivity index (χ2v) is 8.30. The Balaban J connectivity index is 1.47. The van der Waals surface area contributed by atoms with E-state index in [0.717, 1.165) is 50.2 Å². The van der Waals surface area contributed by atoms with Crippen LogP contribution in [0.25, 0.3) is 0 Å². The van der Waals surface area contributed by atoms with E-state index in [0.29, 0.717) is 19.1 Å². The highest BCUT2D eigenvalue weighted by atomic mass is 16.6. The van der Waals surface area contributed by atoms with Gasteiger partial charge in [0.05, 0.1) is 12.1 Å². The Morgan fingerprint density at radius 3 is 2.55 bits per heavy atom. The quantitative estimate of drug-likeness (QED) is 0.563. The molecule has 158 valence electrons. The molecule has 1 N–H and O–H groups in total. The fourth-order valence-corrected chi connectivity index (χ4v) is 3.75. The van der Waals surface area contributed by atoms with Crippen molar-refractivity contribution in [2.75, 3.05) is 40.0 Å². The van der Waals surface area contributed by atoms with E-state index in [-0.39, 0.29) is 12.2 Å². The molecule has 1 aromatic carbocycles. The summed E-state index contributed by atoms with van der Waals surface area (Å²) in [5.41, 5.74) is 0.190. The number of rotatable bonds is 7. The molecule has 3 aliphatic heterocycles. The molecule has 4 rings (SSSR count). The molecule has 0 aromatic heterocycles. The number of fused-ring (bicyclic) bond motifs is 3. The van der Waals surface area contributed by atoms with Gasteiger partial charge in [-0.15, -0.1) is 0 Å². The number of carbonyl (C=O) groups excluding carboxylic acids is 1. The van der Waals surface area contributed by atoms with Crippen molar-refractivity contribution in [2.45, 2.75) is 44.8 Å². The predicted molar refractivity (Wildman–Crippen MR) is 112 cm³/mol. The molecule has 1 atom stereocenters. The third kappa shape index (κ3) is 6.66. The standard InChI is InChI=1S/C23H32N2O4/c1-23(2,24-22(26)29-21-17-25-13-10-19(21)11-14-25)12-9-18-5-7-20(8-6-18)28-16-4-15-27-3/h5-8,19,21H,4,10-11,13-17H2,1-3H3,(H,24,26). The normalized spacial score (nSPS) is 23.1. The maximum Gasteiger partial charge on any atom is 0.408 e. The first-order chi connectivity index (χ1) is 13.9. The molecule has 1 amide bonds. The average molecular weight is 401 g/mol. The molecule has 3 fully saturated rings. The number of nitrogens with one attached hydrogen (secondary N) is 1. The van der Waals surface area contributed by atoms with Gasteiger partial charge in [0.25, 0.3) is 0 Å². The van der Waals surface area contributed by atoms with Gasteiger partial charge in [-0.25, -0.2) is 4.79 Å². The van der Waals surface area contributed by atoms with Crippen LogP contribution in [-0.4, -0.2) is 62.6 Å². The molecule has 0 radical (unpaired) electrons. The number of hydrogen-bond donors (Lipinski definition) is 1. The van der Waals surface area contributed by atoms with Crippen molar-refractivity contribution in [2.24, 2.45) is 5.92 Å². The van der Waals surface area contributed by atoms with E-state index >= 15 is 0 Å². The lowest BCUT2D eigenvalue weighted by atomic mass is 9.86. The van der Waals surface area contributed by atoms with Gasteiger partial charge in [0.2, 0.25) is 0 Å². The van der Waals surface area contributed by atoms with Crippen LogP contribution in [0.4, 0.5) is 4.79 Å². The predicted octanol–water partition coefficient (Wildman–Crippen LogP) is 3.05. The summed E-state index contributed by atoms with van der Waals surface area (Å²) in [5, 5.41) is 2.89. The fraction of sp³-hybridized carbons (Fsp3) is 0.609. The van der Waals surface area contributed by atoms with Gasteiger partial charge < -0.3 is 19.5 Å². The molecule has 3 saturated heterocycles. The van der Waals surface area contributed by atoms with Gasteiger partial charge in [-0.1, -0.05) is 11.8 Å². The Hall–Kier alpha value is -2.23. The van der Waals surface area contributed by atoms with Crippen molar-refractivity contribution in [3.05, 3.63) is 29.8 Å². The van der Waals surface area contributed by atoms with E-state index in [1.165, 1.54) is 0 Å². The van der Waals surface area contributed by atoms with Crippen LogP contribution in [0.1, 0.15) is 38.7 Å². The van der Waals surface area contributed by atoms with Crippen LogP contribution in [0.15, 0.2) is 24.3 Å². The van der Waals surface area contributed by atoms with Crippen molar-refractivity contribution in [3.63, 3.8) is 0 Å². The molecule has 1 aromatic rings. The van der Waals surface area contributed by atoms with Crippen molar-refractivity contribution >= 4 is 6.09 Å². The number of amides is 1. The van der Waals surface area contributed by atoms with Crippen LogP contribution in [-0.2, 0) is 9.47 Å². The van der Waals surface area contributed by atoms with Crippen molar-refractivity contribution in [3.8, 4) is 17.6 Å². The molecule has 2 bridgehead atoms. The third-order valence-electron chi connectivity index (χ3n) is 5.40. The Kier molecular flexibility index (Phi) is 7.40. The zero-order valence-corrected chi connectivity index (χ0v) is 17.7. The van der Waals surface area contributed by atoms with Crippen molar-refractivity contribution in [1.82, 2.24) is 10.2 Å². The summed E-state index contributed by atoms with van der Waals surface area (Å²) in [7, 11) is 1.68. The number of nitrogens with zero attached hydrogens (tertiary/aromatic N) is 1. The number of piperidine rings is 3. The monoisotopic (exact) mass is 400 g/mol. The fourth-order valence-electron chi connectivity index (χ4n) is 3.75. The molecule has 6 heteroatoms. The smallest absolute Gasteiger partial charge is 0.408 e. The zero-order chi connectivity index (χ0) is 20.7.